The molecule has 0 fully saturated rings. The molecule has 1 aromatic carbocycles. The van der Waals surface area contributed by atoms with Gasteiger partial charge in [-0.05, 0) is 19.1 Å². The number of aliphatic carboxylic acids is 1. The number of carboxylic acid groups (broad SMARTS) is 1. The predicted octanol–water partition coefficient (Wildman–Crippen LogP) is -0.190. The van der Waals surface area contributed by atoms with Crippen LogP contribution in [0.25, 0.3) is 0 Å². The standard InChI is InChI=1S/C11H11FN2O5S/c1-6(15)10(11(16)17)14-20(18,19)9-4-2-3-8(12)7(9)5-13/h2-4,6,10,14-15H,1H3,(H,16,17). The Hall–Kier alpha value is -2.02. The van der Waals surface area contributed by atoms with Crippen LogP contribution in [0.2, 0.25) is 0 Å². The normalized spacial score (nSPS) is 14.3. The Bertz CT molecular complexity index is 666. The number of aliphatic hydroxyl groups excluding tert-OH is 1. The third-order valence-corrected chi connectivity index (χ3v) is 3.89. The average Bonchev–Trinajstić information content (AvgIpc) is 2.35. The van der Waals surface area contributed by atoms with E-state index in [0.29, 0.717) is 0 Å². The van der Waals surface area contributed by atoms with Crippen LogP contribution in [0.15, 0.2) is 23.1 Å². The van der Waals surface area contributed by atoms with E-state index >= 15 is 0 Å². The summed E-state index contributed by atoms with van der Waals surface area (Å²) in [5.41, 5.74) is -0.727. The highest BCUT2D eigenvalue weighted by Crippen LogP contribution is 2.18. The van der Waals surface area contributed by atoms with Gasteiger partial charge in [-0.15, -0.1) is 0 Å². The third-order valence-electron chi connectivity index (χ3n) is 2.41. The molecular weight excluding hydrogens is 291 g/mol. The molecule has 2 atom stereocenters. The Morgan fingerprint density at radius 2 is 2.10 bits per heavy atom. The van der Waals surface area contributed by atoms with Crippen molar-refractivity contribution in [2.24, 2.45) is 0 Å². The van der Waals surface area contributed by atoms with Gasteiger partial charge in [0.2, 0.25) is 10.0 Å². The fourth-order valence-corrected chi connectivity index (χ4v) is 2.85. The van der Waals surface area contributed by atoms with Crippen molar-refractivity contribution in [3.63, 3.8) is 0 Å². The molecule has 0 bridgehead atoms. The Kier molecular flexibility index (Phi) is 4.78. The fourth-order valence-electron chi connectivity index (χ4n) is 1.42. The van der Waals surface area contributed by atoms with Gasteiger partial charge < -0.3 is 10.2 Å². The topological polar surface area (TPSA) is 127 Å². The van der Waals surface area contributed by atoms with E-state index in [4.69, 9.17) is 10.4 Å². The molecule has 0 aliphatic heterocycles. The van der Waals surface area contributed by atoms with Crippen LogP contribution in [0.4, 0.5) is 4.39 Å². The average molecular weight is 302 g/mol. The Morgan fingerprint density at radius 3 is 2.55 bits per heavy atom. The number of carboxylic acids is 1. The third kappa shape index (κ3) is 3.30. The minimum atomic E-state index is -4.47. The van der Waals surface area contributed by atoms with Crippen LogP contribution in [-0.2, 0) is 14.8 Å². The molecule has 9 heteroatoms. The van der Waals surface area contributed by atoms with Crippen molar-refractivity contribution < 1.29 is 27.8 Å². The molecule has 0 heterocycles. The number of halogens is 1. The van der Waals surface area contributed by atoms with E-state index in [0.717, 1.165) is 25.1 Å². The molecule has 0 saturated carbocycles. The Balaban J connectivity index is 3.29. The maximum absolute atomic E-state index is 13.4. The molecule has 3 N–H and O–H groups in total. The maximum Gasteiger partial charge on any atom is 0.324 e. The van der Waals surface area contributed by atoms with Gasteiger partial charge in [-0.3, -0.25) is 4.79 Å². The summed E-state index contributed by atoms with van der Waals surface area (Å²) in [6, 6.07) is 2.53. The van der Waals surface area contributed by atoms with Crippen LogP contribution in [0.1, 0.15) is 12.5 Å². The summed E-state index contributed by atoms with van der Waals surface area (Å²) in [6.07, 6.45) is -1.51. The lowest BCUT2D eigenvalue weighted by molar-refractivity contribution is -0.141. The van der Waals surface area contributed by atoms with Crippen LogP contribution in [0.5, 0.6) is 0 Å². The smallest absolute Gasteiger partial charge is 0.324 e. The number of benzene rings is 1. The number of carbonyl (C=O) groups is 1. The summed E-state index contributed by atoms with van der Waals surface area (Å²) >= 11 is 0. The van der Waals surface area contributed by atoms with E-state index in [1.165, 1.54) is 6.07 Å². The summed E-state index contributed by atoms with van der Waals surface area (Å²) in [5, 5.41) is 26.8. The zero-order valence-electron chi connectivity index (χ0n) is 10.2. The molecule has 0 saturated heterocycles. The van der Waals surface area contributed by atoms with Gasteiger partial charge in [0, 0.05) is 0 Å². The molecule has 0 radical (unpaired) electrons. The number of hydrogen-bond donors (Lipinski definition) is 3. The first kappa shape index (κ1) is 16.0. The van der Waals surface area contributed by atoms with Gasteiger partial charge in [-0.25, -0.2) is 12.8 Å². The van der Waals surface area contributed by atoms with Gasteiger partial charge in [0.25, 0.3) is 0 Å². The van der Waals surface area contributed by atoms with E-state index in [2.05, 4.69) is 0 Å². The summed E-state index contributed by atoms with van der Waals surface area (Å²) < 4.78 is 39.0. The molecule has 0 spiro atoms. The van der Waals surface area contributed by atoms with E-state index in [9.17, 15) is 22.7 Å². The van der Waals surface area contributed by atoms with Gasteiger partial charge in [-0.2, -0.15) is 9.98 Å². The number of rotatable bonds is 5. The fraction of sp³-hybridized carbons (Fsp3) is 0.273. The zero-order valence-corrected chi connectivity index (χ0v) is 11.1. The summed E-state index contributed by atoms with van der Waals surface area (Å²) in [4.78, 5) is 10.2. The first-order chi connectivity index (χ1) is 9.20. The monoisotopic (exact) mass is 302 g/mol. The molecular formula is C11H11FN2O5S. The van der Waals surface area contributed by atoms with Crippen LogP contribution in [0.3, 0.4) is 0 Å². The predicted molar refractivity (Wildman–Crippen MR) is 64.5 cm³/mol. The van der Waals surface area contributed by atoms with Gasteiger partial charge in [0.05, 0.1) is 6.10 Å². The zero-order chi connectivity index (χ0) is 15.5. The highest BCUT2D eigenvalue weighted by Gasteiger charge is 2.31. The molecule has 1 aromatic rings. The molecule has 0 aliphatic carbocycles. The van der Waals surface area contributed by atoms with Crippen LogP contribution in [0, 0.1) is 17.1 Å². The van der Waals surface area contributed by atoms with Gasteiger partial charge in [-0.1, -0.05) is 6.07 Å². The van der Waals surface area contributed by atoms with Crippen LogP contribution in [-0.4, -0.2) is 36.7 Å². The van der Waals surface area contributed by atoms with Crippen LogP contribution >= 0.6 is 0 Å². The number of nitrogens with one attached hydrogen (secondary N) is 1. The van der Waals surface area contributed by atoms with E-state index < -0.39 is 44.4 Å². The largest absolute Gasteiger partial charge is 0.480 e. The van der Waals surface area contributed by atoms with Crippen molar-refractivity contribution in [3.05, 3.63) is 29.6 Å². The van der Waals surface area contributed by atoms with Crippen molar-refractivity contribution in [2.45, 2.75) is 24.0 Å². The van der Waals surface area contributed by atoms with Gasteiger partial charge in [0.1, 0.15) is 28.4 Å². The molecule has 0 aromatic heterocycles. The molecule has 0 aliphatic rings. The Morgan fingerprint density at radius 1 is 1.50 bits per heavy atom. The Labute approximate surface area is 114 Å². The van der Waals surface area contributed by atoms with E-state index in [-0.39, 0.29) is 0 Å². The van der Waals surface area contributed by atoms with Crippen molar-refractivity contribution in [3.8, 4) is 6.07 Å². The minimum absolute atomic E-state index is 0.688. The van der Waals surface area contributed by atoms with Crippen molar-refractivity contribution in [2.75, 3.05) is 0 Å². The number of nitriles is 1. The first-order valence-electron chi connectivity index (χ1n) is 5.32. The highest BCUT2D eigenvalue weighted by molar-refractivity contribution is 7.89. The SMILES string of the molecule is CC(O)C(NS(=O)(=O)c1cccc(F)c1C#N)C(=O)O. The van der Waals surface area contributed by atoms with E-state index in [1.54, 1.807) is 4.72 Å². The summed E-state index contributed by atoms with van der Waals surface area (Å²) in [7, 11) is -4.47. The number of hydrogen-bond acceptors (Lipinski definition) is 5. The molecule has 20 heavy (non-hydrogen) atoms. The quantitative estimate of drug-likeness (QED) is 0.691. The second-order valence-corrected chi connectivity index (χ2v) is 5.58. The van der Waals surface area contributed by atoms with Crippen molar-refractivity contribution in [1.82, 2.24) is 4.72 Å². The molecule has 2 unspecified atom stereocenters. The second-order valence-electron chi connectivity index (χ2n) is 3.90. The minimum Gasteiger partial charge on any atom is -0.480 e. The van der Waals surface area contributed by atoms with Crippen molar-refractivity contribution >= 4 is 16.0 Å². The number of sulfonamides is 1. The molecule has 108 valence electrons. The van der Waals surface area contributed by atoms with Crippen molar-refractivity contribution in [1.29, 1.82) is 5.26 Å². The lowest BCUT2D eigenvalue weighted by Gasteiger charge is -2.17. The number of aliphatic hydroxyl groups is 1. The first-order valence-corrected chi connectivity index (χ1v) is 6.81. The number of nitrogens with zero attached hydrogens (tertiary/aromatic N) is 1. The molecule has 7 nitrogen and oxygen atoms in total. The van der Waals surface area contributed by atoms with Crippen LogP contribution < -0.4 is 4.72 Å². The maximum atomic E-state index is 13.4. The molecule has 0 amide bonds. The highest BCUT2D eigenvalue weighted by atomic mass is 32.2. The lowest BCUT2D eigenvalue weighted by atomic mass is 10.2. The molecule has 1 rings (SSSR count). The lowest BCUT2D eigenvalue weighted by Crippen LogP contribution is -2.47. The van der Waals surface area contributed by atoms with Gasteiger partial charge in [0.15, 0.2) is 0 Å². The summed E-state index contributed by atoms with van der Waals surface area (Å²) in [6.45, 7) is 1.08. The second kappa shape index (κ2) is 5.96. The van der Waals surface area contributed by atoms with Gasteiger partial charge >= 0.3 is 5.97 Å². The summed E-state index contributed by atoms with van der Waals surface area (Å²) in [5.74, 6) is -2.64. The van der Waals surface area contributed by atoms with E-state index in [1.807, 2.05) is 0 Å².